The van der Waals surface area contributed by atoms with Crippen LogP contribution in [0.5, 0.6) is 5.75 Å². The van der Waals surface area contributed by atoms with Crippen LogP contribution in [-0.4, -0.2) is 36.2 Å². The first kappa shape index (κ1) is 16.0. The van der Waals surface area contributed by atoms with E-state index in [0.29, 0.717) is 12.4 Å². The van der Waals surface area contributed by atoms with E-state index in [2.05, 4.69) is 25.5 Å². The fourth-order valence-electron chi connectivity index (χ4n) is 2.62. The standard InChI is InChI=1S/C17H21N5O2/c1-24-14-6-4-13(5-7-14)11-18-17(23)21-15-10-16(20-12-19-15)22-8-2-3-9-22/h4-7,10,12H,2-3,8-9,11H2,1H3,(H2,18,19,20,21,23). The first-order valence-electron chi connectivity index (χ1n) is 7.99. The van der Waals surface area contributed by atoms with Gasteiger partial charge in [0.05, 0.1) is 7.11 Å². The van der Waals surface area contributed by atoms with Crippen molar-refractivity contribution in [3.05, 3.63) is 42.2 Å². The van der Waals surface area contributed by atoms with Crippen LogP contribution in [-0.2, 0) is 6.54 Å². The maximum Gasteiger partial charge on any atom is 0.320 e. The Morgan fingerprint density at radius 2 is 1.96 bits per heavy atom. The van der Waals surface area contributed by atoms with Crippen molar-refractivity contribution in [2.24, 2.45) is 0 Å². The lowest BCUT2D eigenvalue weighted by Crippen LogP contribution is -2.28. The van der Waals surface area contributed by atoms with Gasteiger partial charge >= 0.3 is 6.03 Å². The van der Waals surface area contributed by atoms with Gasteiger partial charge in [0, 0.05) is 25.7 Å². The van der Waals surface area contributed by atoms with Gasteiger partial charge in [-0.25, -0.2) is 14.8 Å². The molecule has 0 unspecified atom stereocenters. The predicted molar refractivity (Wildman–Crippen MR) is 92.3 cm³/mol. The second-order valence-corrected chi connectivity index (χ2v) is 5.61. The Morgan fingerprint density at radius 1 is 1.21 bits per heavy atom. The summed E-state index contributed by atoms with van der Waals surface area (Å²) in [6, 6.07) is 9.06. The summed E-state index contributed by atoms with van der Waals surface area (Å²) in [7, 11) is 1.62. The van der Waals surface area contributed by atoms with Crippen LogP contribution in [0.3, 0.4) is 0 Å². The molecule has 7 heteroatoms. The van der Waals surface area contributed by atoms with Crippen LogP contribution in [0.25, 0.3) is 0 Å². The van der Waals surface area contributed by atoms with E-state index in [0.717, 1.165) is 30.2 Å². The van der Waals surface area contributed by atoms with Crippen molar-refractivity contribution in [2.45, 2.75) is 19.4 Å². The molecule has 0 bridgehead atoms. The highest BCUT2D eigenvalue weighted by Gasteiger charge is 2.14. The largest absolute Gasteiger partial charge is 0.497 e. The number of aromatic nitrogens is 2. The highest BCUT2D eigenvalue weighted by Crippen LogP contribution is 2.19. The third-order valence-corrected chi connectivity index (χ3v) is 3.94. The molecule has 7 nitrogen and oxygen atoms in total. The first-order chi connectivity index (χ1) is 11.7. The monoisotopic (exact) mass is 327 g/mol. The van der Waals surface area contributed by atoms with E-state index < -0.39 is 0 Å². The van der Waals surface area contributed by atoms with Gasteiger partial charge in [-0.05, 0) is 30.5 Å². The summed E-state index contributed by atoms with van der Waals surface area (Å²) in [4.78, 5) is 22.6. The van der Waals surface area contributed by atoms with E-state index in [9.17, 15) is 4.79 Å². The van der Waals surface area contributed by atoms with Gasteiger partial charge in [-0.3, -0.25) is 5.32 Å². The molecule has 0 aliphatic carbocycles. The summed E-state index contributed by atoms with van der Waals surface area (Å²) < 4.78 is 5.11. The average molecular weight is 327 g/mol. The molecule has 3 rings (SSSR count). The molecular weight excluding hydrogens is 306 g/mol. The summed E-state index contributed by atoms with van der Waals surface area (Å²) in [5.41, 5.74) is 0.992. The number of carbonyl (C=O) groups is 1. The number of amides is 2. The number of carbonyl (C=O) groups excluding carboxylic acids is 1. The molecule has 0 atom stereocenters. The van der Waals surface area contributed by atoms with E-state index in [4.69, 9.17) is 4.74 Å². The third-order valence-electron chi connectivity index (χ3n) is 3.94. The van der Waals surface area contributed by atoms with Crippen LogP contribution < -0.4 is 20.3 Å². The van der Waals surface area contributed by atoms with Crippen molar-refractivity contribution in [1.29, 1.82) is 0 Å². The Morgan fingerprint density at radius 3 is 2.67 bits per heavy atom. The van der Waals surface area contributed by atoms with Crippen molar-refractivity contribution in [2.75, 3.05) is 30.4 Å². The van der Waals surface area contributed by atoms with Crippen molar-refractivity contribution in [1.82, 2.24) is 15.3 Å². The Labute approximate surface area is 141 Å². The number of nitrogens with zero attached hydrogens (tertiary/aromatic N) is 3. The van der Waals surface area contributed by atoms with Crippen LogP contribution in [0.4, 0.5) is 16.4 Å². The van der Waals surface area contributed by atoms with Crippen molar-refractivity contribution >= 4 is 17.7 Å². The highest BCUT2D eigenvalue weighted by molar-refractivity contribution is 5.88. The number of ether oxygens (including phenoxy) is 1. The summed E-state index contributed by atoms with van der Waals surface area (Å²) >= 11 is 0. The second-order valence-electron chi connectivity index (χ2n) is 5.61. The van der Waals surface area contributed by atoms with Gasteiger partial charge in [0.2, 0.25) is 0 Å². The molecular formula is C17H21N5O2. The minimum atomic E-state index is -0.295. The molecule has 2 amide bonds. The predicted octanol–water partition coefficient (Wildman–Crippen LogP) is 2.41. The Hall–Kier alpha value is -2.83. The number of anilines is 2. The smallest absolute Gasteiger partial charge is 0.320 e. The van der Waals surface area contributed by atoms with Gasteiger partial charge in [-0.1, -0.05) is 12.1 Å². The molecule has 1 aliphatic rings. The fourth-order valence-corrected chi connectivity index (χ4v) is 2.62. The zero-order valence-corrected chi connectivity index (χ0v) is 13.7. The van der Waals surface area contributed by atoms with E-state index in [1.165, 1.54) is 19.2 Å². The zero-order valence-electron chi connectivity index (χ0n) is 13.7. The summed E-state index contributed by atoms with van der Waals surface area (Å²) in [6.07, 6.45) is 3.83. The molecule has 0 spiro atoms. The van der Waals surface area contributed by atoms with Gasteiger partial charge in [0.1, 0.15) is 23.7 Å². The number of hydrogen-bond acceptors (Lipinski definition) is 5. The molecule has 1 aromatic carbocycles. The van der Waals surface area contributed by atoms with E-state index in [1.54, 1.807) is 13.2 Å². The lowest BCUT2D eigenvalue weighted by molar-refractivity contribution is 0.251. The molecule has 126 valence electrons. The van der Waals surface area contributed by atoms with Crippen LogP contribution in [0.15, 0.2) is 36.7 Å². The highest BCUT2D eigenvalue weighted by atomic mass is 16.5. The topological polar surface area (TPSA) is 79.4 Å². The quantitative estimate of drug-likeness (QED) is 0.881. The van der Waals surface area contributed by atoms with Gasteiger partial charge in [-0.15, -0.1) is 0 Å². The number of rotatable bonds is 5. The number of urea groups is 1. The molecule has 2 heterocycles. The van der Waals surface area contributed by atoms with Crippen LogP contribution in [0, 0.1) is 0 Å². The Kier molecular flexibility index (Phi) is 5.10. The summed E-state index contributed by atoms with van der Waals surface area (Å²) in [5, 5.41) is 5.56. The molecule has 1 saturated heterocycles. The molecule has 24 heavy (non-hydrogen) atoms. The molecule has 2 N–H and O–H groups in total. The SMILES string of the molecule is COc1ccc(CNC(=O)Nc2cc(N3CCCC3)ncn2)cc1. The number of hydrogen-bond donors (Lipinski definition) is 2. The van der Waals surface area contributed by atoms with Crippen LogP contribution in [0.1, 0.15) is 18.4 Å². The maximum absolute atomic E-state index is 12.0. The summed E-state index contributed by atoms with van der Waals surface area (Å²) in [5.74, 6) is 2.14. The number of nitrogens with one attached hydrogen (secondary N) is 2. The van der Waals surface area contributed by atoms with Crippen molar-refractivity contribution in [3.8, 4) is 5.75 Å². The number of methoxy groups -OCH3 is 1. The van der Waals surface area contributed by atoms with E-state index in [1.807, 2.05) is 24.3 Å². The molecule has 1 fully saturated rings. The van der Waals surface area contributed by atoms with Crippen molar-refractivity contribution in [3.63, 3.8) is 0 Å². The van der Waals surface area contributed by atoms with Gasteiger partial charge in [0.25, 0.3) is 0 Å². The lowest BCUT2D eigenvalue weighted by Gasteiger charge is -2.16. The van der Waals surface area contributed by atoms with Crippen LogP contribution in [0.2, 0.25) is 0 Å². The Balaban J connectivity index is 1.53. The third kappa shape index (κ3) is 4.13. The van der Waals surface area contributed by atoms with Gasteiger partial charge in [0.15, 0.2) is 0 Å². The normalized spacial score (nSPS) is 13.6. The minimum Gasteiger partial charge on any atom is -0.497 e. The fraction of sp³-hybridized carbons (Fsp3) is 0.353. The second kappa shape index (κ2) is 7.63. The minimum absolute atomic E-state index is 0.295. The van der Waals surface area contributed by atoms with Crippen LogP contribution >= 0.6 is 0 Å². The van der Waals surface area contributed by atoms with Gasteiger partial charge in [-0.2, -0.15) is 0 Å². The summed E-state index contributed by atoms with van der Waals surface area (Å²) in [6.45, 7) is 2.43. The number of benzene rings is 1. The van der Waals surface area contributed by atoms with E-state index >= 15 is 0 Å². The molecule has 0 radical (unpaired) electrons. The molecule has 1 aromatic heterocycles. The molecule has 0 saturated carbocycles. The molecule has 2 aromatic rings. The van der Waals surface area contributed by atoms with Crippen molar-refractivity contribution < 1.29 is 9.53 Å². The molecule has 1 aliphatic heterocycles. The lowest BCUT2D eigenvalue weighted by atomic mass is 10.2. The van der Waals surface area contributed by atoms with E-state index in [-0.39, 0.29) is 6.03 Å². The zero-order chi connectivity index (χ0) is 16.8. The maximum atomic E-state index is 12.0. The first-order valence-corrected chi connectivity index (χ1v) is 7.99. The average Bonchev–Trinajstić information content (AvgIpc) is 3.15. The Bertz CT molecular complexity index is 684. The van der Waals surface area contributed by atoms with Gasteiger partial charge < -0.3 is 15.0 Å².